The Hall–Kier alpha value is -7.36. The van der Waals surface area contributed by atoms with Crippen LogP contribution in [0.4, 0.5) is 0 Å². The monoisotopic (exact) mass is 1200 g/mol. The molecule has 0 N–H and O–H groups in total. The lowest BCUT2D eigenvalue weighted by Crippen LogP contribution is -2.09. The SMILES string of the molecule is C.C=C(C)C(=C)OCCOCCOCc1cccc(C(C)C)c1.C=C(C)C(=O)OCCCC(=O)OCc1cccc(C(C)C)c1.C=CC(=C)OCCOCCOCc1cccc(C(C)C)c1.C=CC(=O)OCCCC(=O)OCc1cccc(C(C)C)c1. The normalized spacial score (nSPS) is 10.4. The minimum atomic E-state index is -0.478. The standard InChI is InChI=1S/C19H28O3.C18H24O4.C18H26O3.C17H22O4.CH4/c1-15(2)17(5)22-12-11-20-9-10-21-14-18-7-6-8-19(13-18)16(3)4;1-13(2)16-8-5-7-15(11-16)12-22-17(19)9-6-10-21-18(20)14(3)4;1-5-16(4)21-12-11-19-9-10-20-14-17-7-6-8-18(13-17)15(2)3;1-4-16(18)20-10-6-9-17(19)21-12-14-7-5-8-15(11-14)13(2)3;/h6-8,13,16H,1,5,9-12,14H2,2-4H3;5,7-8,11,13H,3,6,9-10,12H2,1-2,4H3;5-8,13,15H,1,4,9-12,14H2,2-3H3;4-5,7-8,11,13H,1,6,9-10,12H2,2-3H3;1H4. The van der Waals surface area contributed by atoms with Gasteiger partial charge in [0.25, 0.3) is 0 Å². The Balaban J connectivity index is 0.00000113. The van der Waals surface area contributed by atoms with Gasteiger partial charge in [0.2, 0.25) is 0 Å². The molecule has 0 amide bonds. The summed E-state index contributed by atoms with van der Waals surface area (Å²) in [6.07, 6.45) is 4.03. The zero-order valence-electron chi connectivity index (χ0n) is 53.4. The van der Waals surface area contributed by atoms with E-state index in [2.05, 4.69) is 156 Å². The largest absolute Gasteiger partial charge is 0.492 e. The molecular weight excluding hydrogens is 1100 g/mol. The van der Waals surface area contributed by atoms with Gasteiger partial charge in [0.1, 0.15) is 37.9 Å². The molecule has 0 saturated carbocycles. The van der Waals surface area contributed by atoms with Crippen molar-refractivity contribution < 1.29 is 66.5 Å². The number of carbonyl (C=O) groups excluding carboxylic acids is 4. The van der Waals surface area contributed by atoms with Gasteiger partial charge in [-0.05, 0) is 107 Å². The highest BCUT2D eigenvalue weighted by molar-refractivity contribution is 5.87. The van der Waals surface area contributed by atoms with E-state index in [0.717, 1.165) is 22.8 Å². The molecule has 0 fully saturated rings. The van der Waals surface area contributed by atoms with Crippen molar-refractivity contribution in [3.63, 3.8) is 0 Å². The lowest BCUT2D eigenvalue weighted by molar-refractivity contribution is -0.147. The van der Waals surface area contributed by atoms with E-state index < -0.39 is 11.9 Å². The highest BCUT2D eigenvalue weighted by Gasteiger charge is 2.10. The van der Waals surface area contributed by atoms with E-state index in [4.69, 9.17) is 47.4 Å². The average molecular weight is 1210 g/mol. The van der Waals surface area contributed by atoms with Crippen molar-refractivity contribution in [3.05, 3.63) is 216 Å². The highest BCUT2D eigenvalue weighted by Crippen LogP contribution is 2.20. The predicted octanol–water partition coefficient (Wildman–Crippen LogP) is 16.3. The summed E-state index contributed by atoms with van der Waals surface area (Å²) < 4.78 is 52.8. The third-order valence-corrected chi connectivity index (χ3v) is 12.3. The number of carbonyl (C=O) groups is 4. The maximum atomic E-state index is 11.6. The molecule has 4 rings (SSSR count). The van der Waals surface area contributed by atoms with Crippen molar-refractivity contribution in [1.82, 2.24) is 0 Å². The summed E-state index contributed by atoms with van der Waals surface area (Å²) in [5.74, 6) is 1.66. The Labute approximate surface area is 522 Å². The van der Waals surface area contributed by atoms with Gasteiger partial charge in [-0.1, -0.05) is 199 Å². The molecule has 14 heteroatoms. The molecule has 0 bridgehead atoms. The van der Waals surface area contributed by atoms with Crippen LogP contribution in [-0.4, -0.2) is 89.9 Å². The van der Waals surface area contributed by atoms with Gasteiger partial charge in [-0.2, -0.15) is 0 Å². The molecule has 14 nitrogen and oxygen atoms in total. The number of hydrogen-bond acceptors (Lipinski definition) is 14. The number of benzene rings is 4. The molecule has 0 spiro atoms. The molecule has 0 radical (unpaired) electrons. The van der Waals surface area contributed by atoms with E-state index in [0.29, 0.717) is 120 Å². The van der Waals surface area contributed by atoms with Gasteiger partial charge in [0.15, 0.2) is 0 Å². The molecule has 0 aliphatic carbocycles. The summed E-state index contributed by atoms with van der Waals surface area (Å²) in [7, 11) is 0. The summed E-state index contributed by atoms with van der Waals surface area (Å²) in [5.41, 5.74) is 10.7. The van der Waals surface area contributed by atoms with E-state index in [1.807, 2.05) is 43.3 Å². The number of allylic oxidation sites excluding steroid dienone is 2. The first-order valence-electron chi connectivity index (χ1n) is 29.6. The molecule has 480 valence electrons. The molecule has 4 aromatic carbocycles. The van der Waals surface area contributed by atoms with E-state index in [1.54, 1.807) is 13.0 Å². The lowest BCUT2D eigenvalue weighted by Gasteiger charge is -2.10. The fourth-order valence-corrected chi connectivity index (χ4v) is 7.05. The van der Waals surface area contributed by atoms with Crippen LogP contribution in [0.25, 0.3) is 0 Å². The lowest BCUT2D eigenvalue weighted by atomic mass is 10.0. The molecule has 0 aliphatic heterocycles. The molecule has 0 saturated heterocycles. The molecule has 87 heavy (non-hydrogen) atoms. The van der Waals surface area contributed by atoms with Crippen LogP contribution in [-0.2, 0) is 93.0 Å². The molecule has 0 aromatic heterocycles. The van der Waals surface area contributed by atoms with Crippen LogP contribution in [0.2, 0.25) is 0 Å². The fourth-order valence-electron chi connectivity index (χ4n) is 7.05. The summed E-state index contributed by atoms with van der Waals surface area (Å²) in [6, 6.07) is 33.0. The Morgan fingerprint density at radius 3 is 1.09 bits per heavy atom. The van der Waals surface area contributed by atoms with Crippen molar-refractivity contribution in [2.24, 2.45) is 0 Å². The first kappa shape index (κ1) is 79.6. The molecule has 0 aliphatic rings. The van der Waals surface area contributed by atoms with Crippen molar-refractivity contribution in [2.45, 2.75) is 152 Å². The van der Waals surface area contributed by atoms with Gasteiger partial charge in [-0.3, -0.25) is 9.59 Å². The number of esters is 4. The summed E-state index contributed by atoms with van der Waals surface area (Å²) in [4.78, 5) is 45.1. The Bertz CT molecular complexity index is 2660. The van der Waals surface area contributed by atoms with Gasteiger partial charge in [-0.25, -0.2) is 9.59 Å². The van der Waals surface area contributed by atoms with Gasteiger partial charge in [0, 0.05) is 24.5 Å². The van der Waals surface area contributed by atoms with Crippen LogP contribution in [0.5, 0.6) is 0 Å². The summed E-state index contributed by atoms with van der Waals surface area (Å²) in [5, 5.41) is 0. The smallest absolute Gasteiger partial charge is 0.333 e. The maximum Gasteiger partial charge on any atom is 0.333 e. The second-order valence-electron chi connectivity index (χ2n) is 21.3. The fraction of sp³-hybridized carbons (Fsp3) is 0.452. The number of hydrogen-bond donors (Lipinski definition) is 0. The third-order valence-electron chi connectivity index (χ3n) is 12.3. The van der Waals surface area contributed by atoms with Crippen LogP contribution in [0, 0.1) is 0 Å². The molecule has 0 atom stereocenters. The second-order valence-corrected chi connectivity index (χ2v) is 21.3. The third kappa shape index (κ3) is 40.6. The molecular formula is C73H104O14. The Kier molecular flexibility index (Phi) is 44.6. The first-order chi connectivity index (χ1) is 41.1. The topological polar surface area (TPSA) is 161 Å². The molecule has 0 unspecified atom stereocenters. The van der Waals surface area contributed by atoms with Crippen LogP contribution < -0.4 is 0 Å². The minimum absolute atomic E-state index is 0. The Morgan fingerprint density at radius 2 is 0.747 bits per heavy atom. The van der Waals surface area contributed by atoms with Crippen molar-refractivity contribution in [3.8, 4) is 0 Å². The quantitative estimate of drug-likeness (QED) is 0.0104. The van der Waals surface area contributed by atoms with Crippen LogP contribution >= 0.6 is 0 Å². The van der Waals surface area contributed by atoms with E-state index in [1.165, 1.54) is 33.4 Å². The van der Waals surface area contributed by atoms with Crippen molar-refractivity contribution in [2.75, 3.05) is 66.1 Å². The maximum absolute atomic E-state index is 11.6. The van der Waals surface area contributed by atoms with Gasteiger partial charge >= 0.3 is 23.9 Å². The Morgan fingerprint density at radius 1 is 0.402 bits per heavy atom. The summed E-state index contributed by atoms with van der Waals surface area (Å²) in [6.45, 7) is 48.7. The van der Waals surface area contributed by atoms with Crippen LogP contribution in [0.3, 0.4) is 0 Å². The summed E-state index contributed by atoms with van der Waals surface area (Å²) >= 11 is 0. The minimum Gasteiger partial charge on any atom is -0.492 e. The molecule has 0 heterocycles. The van der Waals surface area contributed by atoms with E-state index in [-0.39, 0.29) is 58.6 Å². The number of rotatable bonds is 38. The van der Waals surface area contributed by atoms with Gasteiger partial charge in [-0.15, -0.1) is 0 Å². The number of ether oxygens (including phenoxy) is 10. The first-order valence-corrected chi connectivity index (χ1v) is 29.6. The van der Waals surface area contributed by atoms with E-state index >= 15 is 0 Å². The highest BCUT2D eigenvalue weighted by atomic mass is 16.6. The van der Waals surface area contributed by atoms with Crippen molar-refractivity contribution in [1.29, 1.82) is 0 Å². The predicted molar refractivity (Wildman–Crippen MR) is 350 cm³/mol. The zero-order chi connectivity index (χ0) is 64.1. The average Bonchev–Trinajstić information content (AvgIpc) is 3.63. The second kappa shape index (κ2) is 48.7. The van der Waals surface area contributed by atoms with Gasteiger partial charge < -0.3 is 47.4 Å². The van der Waals surface area contributed by atoms with Crippen molar-refractivity contribution >= 4 is 23.9 Å². The molecule has 4 aromatic rings. The van der Waals surface area contributed by atoms with Crippen LogP contribution in [0.1, 0.15) is 171 Å². The zero-order valence-corrected chi connectivity index (χ0v) is 53.4. The van der Waals surface area contributed by atoms with Gasteiger partial charge in [0.05, 0.1) is 66.1 Å². The van der Waals surface area contributed by atoms with E-state index in [9.17, 15) is 19.2 Å². The van der Waals surface area contributed by atoms with Crippen LogP contribution in [0.15, 0.2) is 171 Å².